The molecule has 10 heteroatoms. The Kier molecular flexibility index (Phi) is 12.7. The Morgan fingerprint density at radius 2 is 1.77 bits per heavy atom. The molecule has 0 saturated carbocycles. The van der Waals surface area contributed by atoms with E-state index in [4.69, 9.17) is 15.0 Å². The van der Waals surface area contributed by atoms with Crippen LogP contribution in [0.2, 0.25) is 0 Å². The van der Waals surface area contributed by atoms with Gasteiger partial charge >= 0.3 is 5.97 Å². The number of esters is 1. The molecular formula is C25H34N4O5S. The van der Waals surface area contributed by atoms with Gasteiger partial charge in [0, 0.05) is 24.4 Å². The van der Waals surface area contributed by atoms with Crippen molar-refractivity contribution >= 4 is 16.0 Å². The number of ether oxygens (including phenoxy) is 2. The summed E-state index contributed by atoms with van der Waals surface area (Å²) in [5.41, 5.74) is 9.74. The number of hydrogen-bond donors (Lipinski definition) is 1. The van der Waals surface area contributed by atoms with E-state index in [1.54, 1.807) is 24.3 Å². The number of sulfonamides is 1. The smallest absolute Gasteiger partial charge is 0.326 e. The Bertz CT molecular complexity index is 1040. The first-order valence-electron chi connectivity index (χ1n) is 11.9. The largest absolute Gasteiger partial charge is 0.494 e. The minimum absolute atomic E-state index is 0.00519. The second-order valence-electron chi connectivity index (χ2n) is 8.09. The van der Waals surface area contributed by atoms with E-state index in [2.05, 4.69) is 14.7 Å². The van der Waals surface area contributed by atoms with Crippen LogP contribution in [0.15, 0.2) is 59.7 Å². The van der Waals surface area contributed by atoms with E-state index in [-0.39, 0.29) is 19.6 Å². The fourth-order valence-corrected chi connectivity index (χ4v) is 4.63. The summed E-state index contributed by atoms with van der Waals surface area (Å²) < 4.78 is 39.5. The molecule has 0 heterocycles. The maximum absolute atomic E-state index is 12.9. The first-order chi connectivity index (χ1) is 17.0. The number of hydrogen-bond acceptors (Lipinski definition) is 6. The van der Waals surface area contributed by atoms with E-state index >= 15 is 0 Å². The standard InChI is InChI=1S/C25H34N4O5S/c1-2-3-17-28-35(31,32)24(25(30)34-20-22-10-6-4-7-11-22)19-21-12-14-23(15-13-21)33-18-9-5-8-16-27-29-26/h4,6-7,10-15,24,28H,2-3,5,8-9,16-20H2,1H3. The van der Waals surface area contributed by atoms with Crippen LogP contribution < -0.4 is 9.46 Å². The van der Waals surface area contributed by atoms with Gasteiger partial charge in [-0.2, -0.15) is 0 Å². The average molecular weight is 503 g/mol. The summed E-state index contributed by atoms with van der Waals surface area (Å²) in [5, 5.41) is 2.14. The lowest BCUT2D eigenvalue weighted by Crippen LogP contribution is -2.42. The highest BCUT2D eigenvalue weighted by atomic mass is 32.2. The summed E-state index contributed by atoms with van der Waals surface area (Å²) in [5.74, 6) is -0.116. The minimum Gasteiger partial charge on any atom is -0.494 e. The van der Waals surface area contributed by atoms with Crippen LogP contribution in [-0.4, -0.2) is 39.3 Å². The molecule has 0 spiro atoms. The molecule has 0 aromatic heterocycles. The third kappa shape index (κ3) is 10.8. The topological polar surface area (TPSA) is 130 Å². The molecule has 0 bridgehead atoms. The van der Waals surface area contributed by atoms with Crippen LogP contribution in [0.3, 0.4) is 0 Å². The van der Waals surface area contributed by atoms with E-state index in [9.17, 15) is 13.2 Å². The zero-order valence-corrected chi connectivity index (χ0v) is 21.0. The van der Waals surface area contributed by atoms with Gasteiger partial charge in [-0.1, -0.05) is 60.9 Å². The summed E-state index contributed by atoms with van der Waals surface area (Å²) in [6, 6.07) is 16.2. The van der Waals surface area contributed by atoms with Gasteiger partial charge in [-0.3, -0.25) is 4.79 Å². The van der Waals surface area contributed by atoms with Crippen molar-refractivity contribution in [3.8, 4) is 5.75 Å². The van der Waals surface area contributed by atoms with Crippen LogP contribution in [0.25, 0.3) is 10.4 Å². The van der Waals surface area contributed by atoms with E-state index in [1.807, 2.05) is 37.3 Å². The Labute approximate surface area is 207 Å². The molecule has 2 aromatic carbocycles. The number of carbonyl (C=O) groups excluding carboxylic acids is 1. The van der Waals surface area contributed by atoms with E-state index < -0.39 is 21.2 Å². The molecule has 0 aliphatic heterocycles. The number of azide groups is 1. The number of unbranched alkanes of at least 4 members (excludes halogenated alkanes) is 3. The minimum atomic E-state index is -3.92. The highest BCUT2D eigenvalue weighted by Gasteiger charge is 2.34. The van der Waals surface area contributed by atoms with Crippen LogP contribution >= 0.6 is 0 Å². The average Bonchev–Trinajstić information content (AvgIpc) is 2.86. The predicted molar refractivity (Wildman–Crippen MR) is 135 cm³/mol. The van der Waals surface area contributed by atoms with Crippen LogP contribution in [-0.2, 0) is 32.6 Å². The van der Waals surface area contributed by atoms with Crippen molar-refractivity contribution in [1.29, 1.82) is 0 Å². The molecule has 0 aliphatic rings. The predicted octanol–water partition coefficient (Wildman–Crippen LogP) is 4.92. The molecule has 0 fully saturated rings. The van der Waals surface area contributed by atoms with Gasteiger partial charge in [0.05, 0.1) is 6.61 Å². The van der Waals surface area contributed by atoms with Gasteiger partial charge in [-0.15, -0.1) is 0 Å². The fourth-order valence-electron chi connectivity index (χ4n) is 3.27. The van der Waals surface area contributed by atoms with Gasteiger partial charge in [0.15, 0.2) is 5.25 Å². The van der Waals surface area contributed by atoms with Crippen LogP contribution in [0.4, 0.5) is 0 Å². The van der Waals surface area contributed by atoms with Crippen molar-refractivity contribution in [2.75, 3.05) is 19.7 Å². The fraction of sp³-hybridized carbons (Fsp3) is 0.480. The normalized spacial score (nSPS) is 11.9. The zero-order valence-electron chi connectivity index (χ0n) is 20.1. The van der Waals surface area contributed by atoms with Gasteiger partial charge in [-0.05, 0) is 54.5 Å². The Hall–Kier alpha value is -3.07. The first kappa shape index (κ1) is 28.2. The van der Waals surface area contributed by atoms with E-state index in [0.29, 0.717) is 30.9 Å². The van der Waals surface area contributed by atoms with Gasteiger partial charge < -0.3 is 9.47 Å². The molecule has 2 rings (SSSR count). The molecule has 1 unspecified atom stereocenters. The molecule has 1 N–H and O–H groups in total. The quantitative estimate of drug-likeness (QED) is 0.108. The lowest BCUT2D eigenvalue weighted by molar-refractivity contribution is -0.144. The Morgan fingerprint density at radius 3 is 2.46 bits per heavy atom. The summed E-state index contributed by atoms with van der Waals surface area (Å²) in [6.45, 7) is 3.26. The molecule has 9 nitrogen and oxygen atoms in total. The molecule has 190 valence electrons. The summed E-state index contributed by atoms with van der Waals surface area (Å²) >= 11 is 0. The van der Waals surface area contributed by atoms with Crippen molar-refractivity contribution in [2.24, 2.45) is 5.11 Å². The molecular weight excluding hydrogens is 468 g/mol. The molecule has 0 aliphatic carbocycles. The maximum atomic E-state index is 12.9. The van der Waals surface area contributed by atoms with Crippen molar-refractivity contribution in [3.63, 3.8) is 0 Å². The third-order valence-electron chi connectivity index (χ3n) is 5.27. The van der Waals surface area contributed by atoms with E-state index in [0.717, 1.165) is 31.2 Å². The first-order valence-corrected chi connectivity index (χ1v) is 13.4. The Balaban J connectivity index is 1.98. The third-order valence-corrected chi connectivity index (χ3v) is 6.99. The van der Waals surface area contributed by atoms with Crippen molar-refractivity contribution < 1.29 is 22.7 Å². The van der Waals surface area contributed by atoms with E-state index in [1.165, 1.54) is 0 Å². The van der Waals surface area contributed by atoms with Crippen LogP contribution in [0.1, 0.15) is 50.2 Å². The number of nitrogens with zero attached hydrogens (tertiary/aromatic N) is 3. The molecule has 0 saturated heterocycles. The van der Waals surface area contributed by atoms with Gasteiger partial charge in [0.2, 0.25) is 10.0 Å². The SMILES string of the molecule is CCCCNS(=O)(=O)C(Cc1ccc(OCCCCCN=[N+]=[N-])cc1)C(=O)OCc1ccccc1. The van der Waals surface area contributed by atoms with Crippen molar-refractivity contribution in [1.82, 2.24) is 4.72 Å². The highest BCUT2D eigenvalue weighted by Crippen LogP contribution is 2.18. The summed E-state index contributed by atoms with van der Waals surface area (Å²) in [7, 11) is -3.92. The second-order valence-corrected chi connectivity index (χ2v) is 10.0. The van der Waals surface area contributed by atoms with Gasteiger partial charge in [0.1, 0.15) is 12.4 Å². The molecule has 35 heavy (non-hydrogen) atoms. The Morgan fingerprint density at radius 1 is 1.03 bits per heavy atom. The lowest BCUT2D eigenvalue weighted by Gasteiger charge is -2.18. The van der Waals surface area contributed by atoms with Crippen molar-refractivity contribution in [2.45, 2.75) is 57.3 Å². The molecule has 1 atom stereocenters. The summed E-state index contributed by atoms with van der Waals surface area (Å²) in [4.78, 5) is 15.6. The molecule has 2 aromatic rings. The van der Waals surface area contributed by atoms with Crippen LogP contribution in [0.5, 0.6) is 5.75 Å². The van der Waals surface area contributed by atoms with Gasteiger partial charge in [0.25, 0.3) is 0 Å². The second kappa shape index (κ2) is 15.8. The monoisotopic (exact) mass is 502 g/mol. The van der Waals surface area contributed by atoms with Gasteiger partial charge in [-0.25, -0.2) is 13.1 Å². The summed E-state index contributed by atoms with van der Waals surface area (Å²) in [6.07, 6.45) is 4.06. The lowest BCUT2D eigenvalue weighted by atomic mass is 10.1. The number of carbonyl (C=O) groups is 1. The van der Waals surface area contributed by atoms with Crippen LogP contribution in [0, 0.1) is 0 Å². The highest BCUT2D eigenvalue weighted by molar-refractivity contribution is 7.90. The molecule has 0 amide bonds. The number of nitrogens with one attached hydrogen (secondary N) is 1. The maximum Gasteiger partial charge on any atom is 0.326 e. The van der Waals surface area contributed by atoms with Crippen molar-refractivity contribution in [3.05, 3.63) is 76.2 Å². The molecule has 0 radical (unpaired) electrons. The zero-order chi connectivity index (χ0) is 25.4. The number of benzene rings is 2. The number of rotatable bonds is 17.